The molecule has 3 nitrogen and oxygen atoms in total. The molecule has 0 N–H and O–H groups in total. The van der Waals surface area contributed by atoms with Gasteiger partial charge in [-0.3, -0.25) is 0 Å². The maximum atomic E-state index is 11.8. The summed E-state index contributed by atoms with van der Waals surface area (Å²) in [6, 6.07) is 9.57. The molecule has 17 heavy (non-hydrogen) atoms. The molecule has 2 aromatic carbocycles. The van der Waals surface area contributed by atoms with Gasteiger partial charge in [-0.25, -0.2) is 4.79 Å². The van der Waals surface area contributed by atoms with Crippen molar-refractivity contribution in [1.82, 2.24) is 0 Å². The fraction of sp³-hybridized carbons (Fsp3) is 0.214. The Morgan fingerprint density at radius 2 is 1.88 bits per heavy atom. The van der Waals surface area contributed by atoms with E-state index >= 15 is 0 Å². The van der Waals surface area contributed by atoms with Gasteiger partial charge < -0.3 is 9.47 Å². The van der Waals surface area contributed by atoms with Crippen molar-refractivity contribution >= 4 is 16.7 Å². The molecule has 0 atom stereocenters. The van der Waals surface area contributed by atoms with Crippen molar-refractivity contribution in [3.05, 3.63) is 41.5 Å². The molecule has 0 fully saturated rings. The number of hydrogen-bond acceptors (Lipinski definition) is 3. The fourth-order valence-electron chi connectivity index (χ4n) is 1.99. The first-order valence-corrected chi connectivity index (χ1v) is 5.33. The third kappa shape index (κ3) is 1.84. The smallest absolute Gasteiger partial charge is 0.338 e. The molecule has 0 radical (unpaired) electrons. The van der Waals surface area contributed by atoms with Gasteiger partial charge in [-0.15, -0.1) is 0 Å². The van der Waals surface area contributed by atoms with E-state index in [9.17, 15) is 4.79 Å². The van der Waals surface area contributed by atoms with Gasteiger partial charge in [-0.2, -0.15) is 0 Å². The summed E-state index contributed by atoms with van der Waals surface area (Å²) in [6.07, 6.45) is 0. The van der Waals surface area contributed by atoms with Crippen molar-refractivity contribution in [2.45, 2.75) is 6.92 Å². The molecular formula is C14H14O3. The third-order valence-corrected chi connectivity index (χ3v) is 2.83. The molecule has 0 heterocycles. The van der Waals surface area contributed by atoms with Gasteiger partial charge in [0.1, 0.15) is 5.75 Å². The van der Waals surface area contributed by atoms with E-state index in [4.69, 9.17) is 9.47 Å². The Morgan fingerprint density at radius 1 is 1.12 bits per heavy atom. The van der Waals surface area contributed by atoms with Crippen LogP contribution in [-0.2, 0) is 4.74 Å². The number of ether oxygens (including phenoxy) is 2. The lowest BCUT2D eigenvalue weighted by atomic mass is 9.99. The van der Waals surface area contributed by atoms with Crippen LogP contribution in [0.25, 0.3) is 10.8 Å². The molecule has 2 rings (SSSR count). The average molecular weight is 230 g/mol. The Bertz CT molecular complexity index is 573. The summed E-state index contributed by atoms with van der Waals surface area (Å²) in [4.78, 5) is 11.8. The van der Waals surface area contributed by atoms with Crippen molar-refractivity contribution in [2.75, 3.05) is 14.2 Å². The van der Waals surface area contributed by atoms with E-state index in [1.165, 1.54) is 7.11 Å². The predicted octanol–water partition coefficient (Wildman–Crippen LogP) is 2.94. The maximum Gasteiger partial charge on any atom is 0.338 e. The Balaban J connectivity index is 2.87. The second kappa shape index (κ2) is 4.45. The summed E-state index contributed by atoms with van der Waals surface area (Å²) in [5, 5.41) is 1.78. The molecule has 0 bridgehead atoms. The number of benzene rings is 2. The largest absolute Gasteiger partial charge is 0.496 e. The van der Waals surface area contributed by atoms with Crippen LogP contribution in [0.1, 0.15) is 15.9 Å². The topological polar surface area (TPSA) is 35.5 Å². The van der Waals surface area contributed by atoms with Gasteiger partial charge in [-0.1, -0.05) is 24.3 Å². The zero-order valence-corrected chi connectivity index (χ0v) is 10.1. The zero-order chi connectivity index (χ0) is 12.4. The average Bonchev–Trinajstić information content (AvgIpc) is 2.37. The second-order valence-corrected chi connectivity index (χ2v) is 3.81. The van der Waals surface area contributed by atoms with E-state index in [-0.39, 0.29) is 5.97 Å². The quantitative estimate of drug-likeness (QED) is 0.744. The van der Waals surface area contributed by atoms with E-state index in [1.54, 1.807) is 7.11 Å². The van der Waals surface area contributed by atoms with Crippen LogP contribution in [0.4, 0.5) is 0 Å². The summed E-state index contributed by atoms with van der Waals surface area (Å²) in [5.41, 5.74) is 1.45. The second-order valence-electron chi connectivity index (χ2n) is 3.81. The zero-order valence-electron chi connectivity index (χ0n) is 10.1. The Kier molecular flexibility index (Phi) is 3.00. The number of carbonyl (C=O) groups is 1. The van der Waals surface area contributed by atoms with Gasteiger partial charge in [0, 0.05) is 5.39 Å². The minimum atomic E-state index is -0.336. The number of carbonyl (C=O) groups excluding carboxylic acids is 1. The highest BCUT2D eigenvalue weighted by Gasteiger charge is 2.16. The highest BCUT2D eigenvalue weighted by Crippen LogP contribution is 2.31. The summed E-state index contributed by atoms with van der Waals surface area (Å²) in [7, 11) is 2.98. The fourth-order valence-corrected chi connectivity index (χ4v) is 1.99. The van der Waals surface area contributed by atoms with Crippen molar-refractivity contribution in [3.8, 4) is 5.75 Å². The van der Waals surface area contributed by atoms with Gasteiger partial charge >= 0.3 is 5.97 Å². The Morgan fingerprint density at radius 3 is 2.53 bits per heavy atom. The Hall–Kier alpha value is -2.03. The van der Waals surface area contributed by atoms with E-state index in [2.05, 4.69) is 0 Å². The number of esters is 1. The third-order valence-electron chi connectivity index (χ3n) is 2.83. The number of rotatable bonds is 2. The molecule has 0 aliphatic heterocycles. The van der Waals surface area contributed by atoms with Crippen LogP contribution in [0.2, 0.25) is 0 Å². The summed E-state index contributed by atoms with van der Waals surface area (Å²) < 4.78 is 10.1. The van der Waals surface area contributed by atoms with Crippen molar-refractivity contribution in [3.63, 3.8) is 0 Å². The summed E-state index contributed by atoms with van der Waals surface area (Å²) in [5.74, 6) is 0.351. The number of fused-ring (bicyclic) bond motifs is 1. The monoisotopic (exact) mass is 230 g/mol. The molecule has 0 aliphatic rings. The van der Waals surface area contributed by atoms with Crippen LogP contribution < -0.4 is 4.74 Å². The van der Waals surface area contributed by atoms with Crippen molar-refractivity contribution in [2.24, 2.45) is 0 Å². The summed E-state index contributed by atoms with van der Waals surface area (Å²) >= 11 is 0. The first kappa shape index (κ1) is 11.5. The van der Waals surface area contributed by atoms with Crippen molar-refractivity contribution < 1.29 is 14.3 Å². The molecule has 3 heteroatoms. The molecule has 0 spiro atoms. The number of hydrogen-bond donors (Lipinski definition) is 0. The molecule has 0 aromatic heterocycles. The molecule has 0 saturated heterocycles. The van der Waals surface area contributed by atoms with Crippen LogP contribution >= 0.6 is 0 Å². The maximum absolute atomic E-state index is 11.8. The molecule has 0 aliphatic carbocycles. The van der Waals surface area contributed by atoms with Crippen LogP contribution in [0.15, 0.2) is 30.3 Å². The van der Waals surface area contributed by atoms with Gasteiger partial charge in [0.2, 0.25) is 0 Å². The van der Waals surface area contributed by atoms with Gasteiger partial charge in [0.25, 0.3) is 0 Å². The van der Waals surface area contributed by atoms with Crippen LogP contribution in [-0.4, -0.2) is 20.2 Å². The first-order chi connectivity index (χ1) is 8.19. The molecule has 0 saturated carbocycles. The Labute approximate surface area is 100.0 Å². The molecule has 0 amide bonds. The van der Waals surface area contributed by atoms with Gasteiger partial charge in [-0.05, 0) is 23.9 Å². The first-order valence-electron chi connectivity index (χ1n) is 5.33. The minimum Gasteiger partial charge on any atom is -0.496 e. The van der Waals surface area contributed by atoms with E-state index < -0.39 is 0 Å². The minimum absolute atomic E-state index is 0.336. The normalized spacial score (nSPS) is 10.3. The van der Waals surface area contributed by atoms with E-state index in [1.807, 2.05) is 37.3 Å². The molecule has 88 valence electrons. The highest BCUT2D eigenvalue weighted by atomic mass is 16.5. The molecule has 0 unspecified atom stereocenters. The van der Waals surface area contributed by atoms with Crippen LogP contribution in [0, 0.1) is 6.92 Å². The molecule has 2 aromatic rings. The molecular weight excluding hydrogens is 216 g/mol. The van der Waals surface area contributed by atoms with E-state index in [0.29, 0.717) is 11.3 Å². The lowest BCUT2D eigenvalue weighted by molar-refractivity contribution is 0.0602. The predicted molar refractivity (Wildman–Crippen MR) is 66.6 cm³/mol. The SMILES string of the molecule is COC(=O)c1c(C)ccc2cccc(OC)c12. The lowest BCUT2D eigenvalue weighted by Gasteiger charge is -2.11. The van der Waals surface area contributed by atoms with Crippen LogP contribution in [0.5, 0.6) is 5.75 Å². The highest BCUT2D eigenvalue weighted by molar-refractivity contribution is 6.08. The lowest BCUT2D eigenvalue weighted by Crippen LogP contribution is -2.05. The van der Waals surface area contributed by atoms with Crippen LogP contribution in [0.3, 0.4) is 0 Å². The van der Waals surface area contributed by atoms with Gasteiger partial charge in [0.15, 0.2) is 0 Å². The number of aryl methyl sites for hydroxylation is 1. The number of methoxy groups -OCH3 is 2. The summed E-state index contributed by atoms with van der Waals surface area (Å²) in [6.45, 7) is 1.89. The van der Waals surface area contributed by atoms with Gasteiger partial charge in [0.05, 0.1) is 19.8 Å². The van der Waals surface area contributed by atoms with Crippen molar-refractivity contribution in [1.29, 1.82) is 0 Å². The van der Waals surface area contributed by atoms with E-state index in [0.717, 1.165) is 16.3 Å². The standard InChI is InChI=1S/C14H14O3/c1-9-7-8-10-5-4-6-11(16-2)13(10)12(9)14(15)17-3/h4-8H,1-3H3.